The van der Waals surface area contributed by atoms with Gasteiger partial charge in [-0.2, -0.15) is 13.2 Å². The summed E-state index contributed by atoms with van der Waals surface area (Å²) in [4.78, 5) is 1.73. The first-order valence-corrected chi connectivity index (χ1v) is 13.6. The van der Waals surface area contributed by atoms with Crippen LogP contribution in [0.15, 0.2) is 82.6 Å². The van der Waals surface area contributed by atoms with E-state index < -0.39 is 33.7 Å². The molecule has 1 aliphatic carbocycles. The number of aliphatic hydroxyl groups is 1. The fourth-order valence-corrected chi connectivity index (χ4v) is 6.57. The number of nitrogens with one attached hydrogen (secondary N) is 1. The number of hydrogen-bond donors (Lipinski definition) is 2. The minimum atomic E-state index is -4.46. The van der Waals surface area contributed by atoms with Gasteiger partial charge in [0.2, 0.25) is 10.0 Å². The second kappa shape index (κ2) is 9.62. The molecule has 2 aliphatic rings. The molecule has 0 aromatic heterocycles. The van der Waals surface area contributed by atoms with Crippen LogP contribution in [0.25, 0.3) is 0 Å². The highest BCUT2D eigenvalue weighted by Crippen LogP contribution is 2.49. The summed E-state index contributed by atoms with van der Waals surface area (Å²) in [6.45, 7) is 0. The van der Waals surface area contributed by atoms with Gasteiger partial charge < -0.3 is 14.7 Å². The van der Waals surface area contributed by atoms with Crippen LogP contribution in [0.1, 0.15) is 19.3 Å². The average molecular weight is 537 g/mol. The van der Waals surface area contributed by atoms with Gasteiger partial charge in [-0.05, 0) is 79.6 Å². The quantitative estimate of drug-likeness (QED) is 0.401. The number of benzene rings is 3. The molecule has 1 heterocycles. The molecule has 0 bridgehead atoms. The average Bonchev–Trinajstić information content (AvgIpc) is 2.83. The van der Waals surface area contributed by atoms with Crippen LogP contribution in [0.2, 0.25) is 0 Å². The molecule has 1 unspecified atom stereocenters. The van der Waals surface area contributed by atoms with Crippen molar-refractivity contribution in [3.8, 4) is 11.5 Å². The van der Waals surface area contributed by atoms with Gasteiger partial charge in [0.25, 0.3) is 0 Å². The molecule has 1 fully saturated rings. The predicted molar refractivity (Wildman–Crippen MR) is 131 cm³/mol. The van der Waals surface area contributed by atoms with Crippen LogP contribution in [0.5, 0.6) is 11.5 Å². The fraction of sp³-hybridized carbons (Fsp3) is 0.280. The first-order chi connectivity index (χ1) is 17.1. The lowest BCUT2D eigenvalue weighted by atomic mass is 9.86. The Morgan fingerprint density at radius 1 is 0.917 bits per heavy atom. The number of hydrogen-bond acceptors (Lipinski definition) is 6. The lowest BCUT2D eigenvalue weighted by molar-refractivity contribution is -0.0328. The Labute approximate surface area is 211 Å². The molecule has 5 rings (SSSR count). The maximum atomic E-state index is 13.0. The lowest BCUT2D eigenvalue weighted by Gasteiger charge is -2.44. The van der Waals surface area contributed by atoms with Gasteiger partial charge >= 0.3 is 5.51 Å². The first-order valence-electron chi connectivity index (χ1n) is 11.3. The van der Waals surface area contributed by atoms with Gasteiger partial charge in [-0.15, -0.1) is 0 Å². The number of halogens is 3. The Hall–Kier alpha value is -2.73. The highest BCUT2D eigenvalue weighted by Gasteiger charge is 2.41. The molecule has 2 N–H and O–H groups in total. The molecule has 3 aromatic rings. The number of aliphatic hydroxyl groups excluding tert-OH is 1. The lowest BCUT2D eigenvalue weighted by Crippen LogP contribution is -2.56. The Morgan fingerprint density at radius 2 is 1.50 bits per heavy atom. The van der Waals surface area contributed by atoms with Crippen LogP contribution < -0.4 is 14.4 Å². The van der Waals surface area contributed by atoms with E-state index in [1.165, 1.54) is 0 Å². The van der Waals surface area contributed by atoms with Crippen LogP contribution in [0.3, 0.4) is 0 Å². The molecule has 0 saturated heterocycles. The normalized spacial score (nSPS) is 21.9. The molecule has 0 radical (unpaired) electrons. The number of sulfonamides is 1. The van der Waals surface area contributed by atoms with E-state index in [-0.39, 0.29) is 21.6 Å². The molecule has 11 heteroatoms. The van der Waals surface area contributed by atoms with Crippen LogP contribution in [-0.4, -0.2) is 37.2 Å². The highest BCUT2D eigenvalue weighted by atomic mass is 32.2. The van der Waals surface area contributed by atoms with E-state index in [1.807, 2.05) is 53.4 Å². The first kappa shape index (κ1) is 24.9. The molecule has 0 amide bonds. The molecule has 6 nitrogen and oxygen atoms in total. The topological polar surface area (TPSA) is 78.9 Å². The van der Waals surface area contributed by atoms with E-state index in [0.29, 0.717) is 30.8 Å². The van der Waals surface area contributed by atoms with Crippen molar-refractivity contribution in [3.63, 3.8) is 0 Å². The minimum absolute atomic E-state index is 0.108. The Bertz CT molecular complexity index is 1300. The van der Waals surface area contributed by atoms with E-state index in [2.05, 4.69) is 4.72 Å². The van der Waals surface area contributed by atoms with Gasteiger partial charge in [0, 0.05) is 4.90 Å². The van der Waals surface area contributed by atoms with Crippen molar-refractivity contribution in [2.45, 2.75) is 52.7 Å². The summed E-state index contributed by atoms with van der Waals surface area (Å²) in [6, 6.07) is 18.2. The van der Waals surface area contributed by atoms with Crippen molar-refractivity contribution in [2.75, 3.05) is 4.90 Å². The smallest absolute Gasteiger partial charge is 0.446 e. The van der Waals surface area contributed by atoms with Gasteiger partial charge in [0.15, 0.2) is 11.5 Å². The van der Waals surface area contributed by atoms with Crippen LogP contribution in [0.4, 0.5) is 24.5 Å². The summed E-state index contributed by atoms with van der Waals surface area (Å²) in [5.74, 6) is 1.28. The van der Waals surface area contributed by atoms with Gasteiger partial charge in [-0.25, -0.2) is 13.1 Å². The maximum Gasteiger partial charge on any atom is 0.446 e. The monoisotopic (exact) mass is 536 g/mol. The molecule has 3 aromatic carbocycles. The van der Waals surface area contributed by atoms with Crippen molar-refractivity contribution < 1.29 is 31.4 Å². The number of fused-ring (bicyclic) bond motifs is 2. The summed E-state index contributed by atoms with van der Waals surface area (Å²) < 4.78 is 72.5. The molecule has 36 heavy (non-hydrogen) atoms. The van der Waals surface area contributed by atoms with Crippen LogP contribution in [-0.2, 0) is 10.0 Å². The largest absolute Gasteiger partial charge is 0.453 e. The summed E-state index contributed by atoms with van der Waals surface area (Å²) in [6.07, 6.45) is 0.670. The fourth-order valence-electron chi connectivity index (χ4n) is 4.75. The van der Waals surface area contributed by atoms with E-state index in [0.717, 1.165) is 35.6 Å². The highest BCUT2D eigenvalue weighted by molar-refractivity contribution is 8.00. The standard InChI is InChI=1S/C25H23F3N2O4S2/c26-25(27,28)35-16-12-14-17(15-13-16)36(32,33)29-18-6-5-9-21(24(18)31)30-19-7-1-3-10-22(19)34-23-11-4-2-8-20(23)30/h1-4,7-8,10-15,18,21,24,29,31H,5-6,9H2/t18-,21?,24+/m1/s1. The van der Waals surface area contributed by atoms with Crippen molar-refractivity contribution in [1.29, 1.82) is 0 Å². The van der Waals surface area contributed by atoms with E-state index in [4.69, 9.17) is 4.74 Å². The zero-order valence-corrected chi connectivity index (χ0v) is 20.5. The number of alkyl halides is 3. The van der Waals surface area contributed by atoms with Crippen LogP contribution >= 0.6 is 11.8 Å². The number of ether oxygens (including phenoxy) is 1. The Morgan fingerprint density at radius 3 is 2.08 bits per heavy atom. The van der Waals surface area contributed by atoms with Crippen molar-refractivity contribution >= 4 is 33.2 Å². The number of rotatable bonds is 5. The zero-order chi connectivity index (χ0) is 25.5. The summed E-state index contributed by atoms with van der Waals surface area (Å²) in [5, 5.41) is 11.4. The Balaban J connectivity index is 1.39. The summed E-state index contributed by atoms with van der Waals surface area (Å²) >= 11 is -0.310. The number of nitrogens with zero attached hydrogens (tertiary/aromatic N) is 1. The number of thioether (sulfide) groups is 1. The molecular formula is C25H23F3N2O4S2. The molecule has 190 valence electrons. The predicted octanol–water partition coefficient (Wildman–Crippen LogP) is 5.80. The van der Waals surface area contributed by atoms with Crippen molar-refractivity contribution in [3.05, 3.63) is 72.8 Å². The van der Waals surface area contributed by atoms with E-state index >= 15 is 0 Å². The second-order valence-electron chi connectivity index (χ2n) is 8.64. The van der Waals surface area contributed by atoms with Crippen molar-refractivity contribution in [1.82, 2.24) is 4.72 Å². The summed E-state index contributed by atoms with van der Waals surface area (Å²) in [7, 11) is -4.07. The van der Waals surface area contributed by atoms with Gasteiger partial charge in [-0.3, -0.25) is 0 Å². The van der Waals surface area contributed by atoms with Gasteiger partial charge in [-0.1, -0.05) is 24.3 Å². The van der Waals surface area contributed by atoms with Crippen LogP contribution in [0, 0.1) is 0 Å². The zero-order valence-electron chi connectivity index (χ0n) is 18.9. The molecule has 3 atom stereocenters. The SMILES string of the molecule is O=S(=O)(N[C@@H]1CCCC(N2c3ccccc3Oc3ccccc32)[C@H]1O)c1ccc(SC(F)(F)F)cc1. The third-order valence-corrected chi connectivity index (χ3v) is 8.54. The number of anilines is 2. The molecule has 1 saturated carbocycles. The maximum absolute atomic E-state index is 13.0. The second-order valence-corrected chi connectivity index (χ2v) is 11.5. The summed E-state index contributed by atoms with van der Waals surface area (Å²) in [5.41, 5.74) is -2.90. The molecular weight excluding hydrogens is 513 g/mol. The van der Waals surface area contributed by atoms with E-state index in [1.54, 1.807) is 0 Å². The third-order valence-electron chi connectivity index (χ3n) is 6.30. The van der Waals surface area contributed by atoms with Crippen molar-refractivity contribution in [2.24, 2.45) is 0 Å². The number of para-hydroxylation sites is 4. The minimum Gasteiger partial charge on any atom is -0.453 e. The van der Waals surface area contributed by atoms with Gasteiger partial charge in [0.1, 0.15) is 0 Å². The third kappa shape index (κ3) is 5.06. The Kier molecular flexibility index (Phi) is 6.67. The van der Waals surface area contributed by atoms with Gasteiger partial charge in [0.05, 0.1) is 34.5 Å². The molecule has 1 aliphatic heterocycles. The van der Waals surface area contributed by atoms with E-state index in [9.17, 15) is 26.7 Å². The molecule has 0 spiro atoms.